The van der Waals surface area contributed by atoms with E-state index in [1.54, 1.807) is 28.2 Å². The third-order valence-electron chi connectivity index (χ3n) is 5.76. The van der Waals surface area contributed by atoms with Crippen molar-refractivity contribution in [2.24, 2.45) is 0 Å². The van der Waals surface area contributed by atoms with Crippen LogP contribution in [0.4, 0.5) is 0 Å². The lowest BCUT2D eigenvalue weighted by Gasteiger charge is -2.13. The number of carboxylic acids is 4. The van der Waals surface area contributed by atoms with Gasteiger partial charge < -0.3 is 35.7 Å². The molecule has 0 unspecified atom stereocenters. The molecule has 0 atom stereocenters. The van der Waals surface area contributed by atoms with Crippen molar-refractivity contribution in [3.8, 4) is 22.3 Å². The fraction of sp³-hybridized carbons (Fsp3) is 0.200. The maximum Gasteiger partial charge on any atom is 0.336 e. The number of carbonyl (C=O) groups is 6. The second-order valence-corrected chi connectivity index (χ2v) is 9.15. The summed E-state index contributed by atoms with van der Waals surface area (Å²) >= 11 is 0. The average molecular weight is 599 g/mol. The molecule has 0 aliphatic rings. The van der Waals surface area contributed by atoms with Crippen LogP contribution in [0.3, 0.4) is 0 Å². The molecule has 0 heterocycles. The second kappa shape index (κ2) is 16.6. The van der Waals surface area contributed by atoms with Gasteiger partial charge in [0.15, 0.2) is 0 Å². The molecule has 13 nitrogen and oxygen atoms in total. The molecular formula is C30H34N2O11. The largest absolute Gasteiger partial charge is 0.478 e. The van der Waals surface area contributed by atoms with Gasteiger partial charge in [-0.3, -0.25) is 9.59 Å². The summed E-state index contributed by atoms with van der Waals surface area (Å²) in [4.78, 5) is 69.0. The van der Waals surface area contributed by atoms with Crippen molar-refractivity contribution in [3.05, 3.63) is 82.9 Å². The Labute approximate surface area is 247 Å². The Morgan fingerprint density at radius 1 is 0.488 bits per heavy atom. The van der Waals surface area contributed by atoms with Crippen molar-refractivity contribution >= 4 is 35.7 Å². The van der Waals surface area contributed by atoms with Crippen LogP contribution in [0.2, 0.25) is 0 Å². The van der Waals surface area contributed by atoms with E-state index in [2.05, 4.69) is 0 Å². The number of benzene rings is 3. The van der Waals surface area contributed by atoms with Crippen LogP contribution in [0.15, 0.2) is 60.7 Å². The average Bonchev–Trinajstić information content (AvgIpc) is 2.92. The predicted octanol–water partition coefficient (Wildman–Crippen LogP) is 3.18. The van der Waals surface area contributed by atoms with Crippen LogP contribution < -0.4 is 0 Å². The SMILES string of the molecule is CC(=O)N(C)C.CC(=O)N(C)C.O.O=C(O)c1ccc(-c2cc(C(=O)O)c(-c3ccc(C(=O)O)cc3)cc2C(=O)O)cc1. The van der Waals surface area contributed by atoms with Gasteiger partial charge in [-0.05, 0) is 58.7 Å². The second-order valence-electron chi connectivity index (χ2n) is 9.15. The molecular weight excluding hydrogens is 564 g/mol. The van der Waals surface area contributed by atoms with Gasteiger partial charge in [-0.25, -0.2) is 19.2 Å². The zero-order valence-corrected chi connectivity index (χ0v) is 24.4. The van der Waals surface area contributed by atoms with Crippen molar-refractivity contribution < 1.29 is 54.7 Å². The molecule has 0 aliphatic heterocycles. The van der Waals surface area contributed by atoms with Gasteiger partial charge in [0, 0.05) is 42.0 Å². The van der Waals surface area contributed by atoms with E-state index in [0.29, 0.717) is 11.1 Å². The molecule has 3 aromatic carbocycles. The Kier molecular flexibility index (Phi) is 14.5. The molecule has 0 aromatic heterocycles. The van der Waals surface area contributed by atoms with E-state index in [9.17, 15) is 39.0 Å². The Morgan fingerprint density at radius 2 is 0.721 bits per heavy atom. The molecule has 0 fully saturated rings. The maximum atomic E-state index is 11.9. The zero-order chi connectivity index (χ0) is 32.3. The number of hydrogen-bond acceptors (Lipinski definition) is 6. The van der Waals surface area contributed by atoms with Crippen LogP contribution in [0.25, 0.3) is 22.3 Å². The van der Waals surface area contributed by atoms with Gasteiger partial charge in [0.25, 0.3) is 0 Å². The fourth-order valence-corrected chi connectivity index (χ4v) is 3.02. The molecule has 230 valence electrons. The Balaban J connectivity index is 0.00000115. The molecule has 0 aliphatic carbocycles. The molecule has 6 N–H and O–H groups in total. The number of aromatic carboxylic acids is 4. The van der Waals surface area contributed by atoms with Gasteiger partial charge in [-0.1, -0.05) is 24.3 Å². The van der Waals surface area contributed by atoms with E-state index in [-0.39, 0.29) is 50.7 Å². The summed E-state index contributed by atoms with van der Waals surface area (Å²) in [5, 5.41) is 37.4. The van der Waals surface area contributed by atoms with Crippen molar-refractivity contribution in [2.75, 3.05) is 28.2 Å². The summed E-state index contributed by atoms with van der Waals surface area (Å²) in [5.74, 6) is -4.71. The first-order valence-corrected chi connectivity index (χ1v) is 12.2. The van der Waals surface area contributed by atoms with Gasteiger partial charge in [0.1, 0.15) is 0 Å². The van der Waals surface area contributed by atoms with Crippen LogP contribution in [-0.2, 0) is 9.59 Å². The van der Waals surface area contributed by atoms with Crippen LogP contribution in [-0.4, -0.2) is 99.6 Å². The molecule has 0 bridgehead atoms. The molecule has 0 spiro atoms. The van der Waals surface area contributed by atoms with Gasteiger partial charge in [0.2, 0.25) is 11.8 Å². The number of amides is 2. The van der Waals surface area contributed by atoms with Crippen LogP contribution in [0.1, 0.15) is 55.3 Å². The molecule has 43 heavy (non-hydrogen) atoms. The lowest BCUT2D eigenvalue weighted by molar-refractivity contribution is -0.127. The Morgan fingerprint density at radius 3 is 0.884 bits per heavy atom. The summed E-state index contributed by atoms with van der Waals surface area (Å²) in [5.41, 5.74) is 0.556. The molecule has 0 saturated carbocycles. The minimum Gasteiger partial charge on any atom is -0.478 e. The highest BCUT2D eigenvalue weighted by Crippen LogP contribution is 2.33. The molecule has 0 radical (unpaired) electrons. The smallest absolute Gasteiger partial charge is 0.336 e. The maximum absolute atomic E-state index is 11.9. The van der Waals surface area contributed by atoms with Crippen LogP contribution >= 0.6 is 0 Å². The van der Waals surface area contributed by atoms with Gasteiger partial charge in [0.05, 0.1) is 22.3 Å². The summed E-state index contributed by atoms with van der Waals surface area (Å²) < 4.78 is 0. The highest BCUT2D eigenvalue weighted by atomic mass is 16.4. The van der Waals surface area contributed by atoms with Crippen molar-refractivity contribution in [2.45, 2.75) is 13.8 Å². The van der Waals surface area contributed by atoms with Gasteiger partial charge in [-0.2, -0.15) is 0 Å². The Hall–Kier alpha value is -5.56. The lowest BCUT2D eigenvalue weighted by atomic mass is 9.90. The quantitative estimate of drug-likeness (QED) is 0.324. The van der Waals surface area contributed by atoms with Crippen LogP contribution in [0, 0.1) is 0 Å². The molecule has 0 saturated heterocycles. The summed E-state index contributed by atoms with van der Waals surface area (Å²) in [6, 6.07) is 13.2. The Bertz CT molecular complexity index is 1360. The minimum atomic E-state index is -1.30. The van der Waals surface area contributed by atoms with Crippen molar-refractivity contribution in [1.82, 2.24) is 9.80 Å². The summed E-state index contributed by atoms with van der Waals surface area (Å²) in [6.07, 6.45) is 0. The van der Waals surface area contributed by atoms with Crippen molar-refractivity contribution in [3.63, 3.8) is 0 Å². The first-order valence-electron chi connectivity index (χ1n) is 12.2. The first kappa shape index (κ1) is 37.4. The summed E-state index contributed by atoms with van der Waals surface area (Å²) in [6.45, 7) is 3.06. The lowest BCUT2D eigenvalue weighted by Crippen LogP contribution is -2.17. The first-order chi connectivity index (χ1) is 19.5. The van der Waals surface area contributed by atoms with E-state index < -0.39 is 23.9 Å². The third kappa shape index (κ3) is 11.1. The molecule has 2 amide bonds. The predicted molar refractivity (Wildman–Crippen MR) is 158 cm³/mol. The molecule has 13 heteroatoms. The molecule has 3 rings (SSSR count). The fourth-order valence-electron chi connectivity index (χ4n) is 3.02. The van der Waals surface area contributed by atoms with Crippen LogP contribution in [0.5, 0.6) is 0 Å². The van der Waals surface area contributed by atoms with E-state index >= 15 is 0 Å². The standard InChI is InChI=1S/C22H14O8.2C4H9NO.H2O/c23-19(24)13-5-1-11(2-6-13)15-9-18(22(29)30)16(10-17(15)21(27)28)12-3-7-14(8-4-12)20(25)26;2*1-4(6)5(2)3;/h1-10H,(H,23,24)(H,25,26)(H,27,28)(H,29,30);2*1-3H3;1H2. The summed E-state index contributed by atoms with van der Waals surface area (Å²) in [7, 11) is 6.90. The number of carboxylic acid groups (broad SMARTS) is 4. The zero-order valence-electron chi connectivity index (χ0n) is 24.4. The van der Waals surface area contributed by atoms with Gasteiger partial charge >= 0.3 is 23.9 Å². The number of hydrogen-bond donors (Lipinski definition) is 4. The van der Waals surface area contributed by atoms with Crippen molar-refractivity contribution in [1.29, 1.82) is 0 Å². The minimum absolute atomic E-state index is 0. The number of rotatable bonds is 6. The van der Waals surface area contributed by atoms with E-state index in [4.69, 9.17) is 10.2 Å². The van der Waals surface area contributed by atoms with E-state index in [0.717, 1.165) is 0 Å². The molecule has 3 aromatic rings. The van der Waals surface area contributed by atoms with Gasteiger partial charge in [-0.15, -0.1) is 0 Å². The third-order valence-corrected chi connectivity index (χ3v) is 5.76. The highest BCUT2D eigenvalue weighted by Gasteiger charge is 2.21. The van der Waals surface area contributed by atoms with E-state index in [1.165, 1.54) is 84.3 Å². The topological polar surface area (TPSA) is 221 Å². The van der Waals surface area contributed by atoms with E-state index in [1.807, 2.05) is 0 Å². The monoisotopic (exact) mass is 598 g/mol. The number of carbonyl (C=O) groups excluding carboxylic acids is 2. The highest BCUT2D eigenvalue weighted by molar-refractivity contribution is 6.04. The number of nitrogens with zero attached hydrogens (tertiary/aromatic N) is 2. The normalized spacial score (nSPS) is 9.44.